The normalized spacial score (nSPS) is 17.0. The zero-order valence-electron chi connectivity index (χ0n) is 10.2. The van der Waals surface area contributed by atoms with Gasteiger partial charge >= 0.3 is 6.01 Å². The first-order valence-corrected chi connectivity index (χ1v) is 5.66. The Labute approximate surface area is 105 Å². The van der Waals surface area contributed by atoms with Crippen molar-refractivity contribution in [1.82, 2.24) is 15.0 Å². The Kier molecular flexibility index (Phi) is 3.79. The van der Waals surface area contributed by atoms with E-state index >= 15 is 0 Å². The first-order chi connectivity index (χ1) is 8.69. The number of aromatic nitrogens is 3. The van der Waals surface area contributed by atoms with E-state index in [4.69, 9.17) is 21.6 Å². The highest BCUT2D eigenvalue weighted by Gasteiger charge is 2.16. The van der Waals surface area contributed by atoms with Crippen molar-refractivity contribution >= 4 is 11.9 Å². The second-order valence-corrected chi connectivity index (χ2v) is 3.80. The highest BCUT2D eigenvalue weighted by atomic mass is 16.5. The Morgan fingerprint density at radius 3 is 2.78 bits per heavy atom. The predicted octanol–water partition coefficient (Wildman–Crippen LogP) is -0.309. The molecule has 0 radical (unpaired) electrons. The summed E-state index contributed by atoms with van der Waals surface area (Å²) in [4.78, 5) is 14.1. The summed E-state index contributed by atoms with van der Waals surface area (Å²) in [5, 5.41) is 0. The monoisotopic (exact) mass is 249 g/mol. The topological polar surface area (TPSA) is 86.4 Å². The minimum absolute atomic E-state index is 0.116. The van der Waals surface area contributed by atoms with Crippen LogP contribution in [0.1, 0.15) is 6.92 Å². The molecule has 7 heteroatoms. The van der Waals surface area contributed by atoms with Crippen molar-refractivity contribution in [2.75, 3.05) is 36.9 Å². The zero-order valence-corrected chi connectivity index (χ0v) is 10.2. The molecule has 1 aromatic heterocycles. The van der Waals surface area contributed by atoms with Crippen LogP contribution in [0.5, 0.6) is 6.01 Å². The quantitative estimate of drug-likeness (QED) is 0.735. The van der Waals surface area contributed by atoms with Crippen LogP contribution in [0.2, 0.25) is 0 Å². The van der Waals surface area contributed by atoms with Gasteiger partial charge in [-0.3, -0.25) is 0 Å². The van der Waals surface area contributed by atoms with E-state index in [0.717, 1.165) is 0 Å². The summed E-state index contributed by atoms with van der Waals surface area (Å²) in [7, 11) is 0. The molecule has 2 heterocycles. The van der Waals surface area contributed by atoms with Gasteiger partial charge in [-0.05, 0) is 6.92 Å². The highest BCUT2D eigenvalue weighted by Crippen LogP contribution is 2.15. The van der Waals surface area contributed by atoms with Crippen LogP contribution in [0, 0.1) is 12.3 Å². The Balaban J connectivity index is 2.17. The third-order valence-corrected chi connectivity index (χ3v) is 2.43. The first-order valence-electron chi connectivity index (χ1n) is 5.66. The molecule has 96 valence electrons. The lowest BCUT2D eigenvalue weighted by Crippen LogP contribution is -2.37. The SMILES string of the molecule is C#CC(C)Oc1nc(N)nc(N2CCOCC2)n1. The lowest BCUT2D eigenvalue weighted by molar-refractivity contribution is 0.122. The number of nitrogens with zero attached hydrogens (tertiary/aromatic N) is 4. The van der Waals surface area contributed by atoms with Gasteiger partial charge in [-0.25, -0.2) is 0 Å². The lowest BCUT2D eigenvalue weighted by Gasteiger charge is -2.26. The summed E-state index contributed by atoms with van der Waals surface area (Å²) >= 11 is 0. The fraction of sp³-hybridized carbons (Fsp3) is 0.545. The molecule has 1 aliphatic rings. The number of hydrogen-bond acceptors (Lipinski definition) is 7. The molecule has 0 saturated carbocycles. The van der Waals surface area contributed by atoms with Gasteiger partial charge in [0.2, 0.25) is 11.9 Å². The van der Waals surface area contributed by atoms with Crippen molar-refractivity contribution in [2.45, 2.75) is 13.0 Å². The summed E-state index contributed by atoms with van der Waals surface area (Å²) in [6, 6.07) is 0.148. The zero-order chi connectivity index (χ0) is 13.0. The predicted molar refractivity (Wildman–Crippen MR) is 66.2 cm³/mol. The van der Waals surface area contributed by atoms with E-state index in [0.29, 0.717) is 32.3 Å². The van der Waals surface area contributed by atoms with E-state index in [2.05, 4.69) is 20.9 Å². The fourth-order valence-corrected chi connectivity index (χ4v) is 1.51. The molecule has 0 aliphatic carbocycles. The molecule has 1 aliphatic heterocycles. The maximum atomic E-state index is 5.63. The number of hydrogen-bond donors (Lipinski definition) is 1. The standard InChI is InChI=1S/C11H15N5O2/c1-3-8(2)18-11-14-9(12)13-10(15-11)16-4-6-17-7-5-16/h1,8H,4-7H2,2H3,(H2,12,13,14,15). The van der Waals surface area contributed by atoms with Gasteiger partial charge in [-0.1, -0.05) is 5.92 Å². The molecule has 0 spiro atoms. The third kappa shape index (κ3) is 2.99. The number of nitrogen functional groups attached to an aromatic ring is 1. The average Bonchev–Trinajstić information content (AvgIpc) is 2.39. The summed E-state index contributed by atoms with van der Waals surface area (Å²) in [5.74, 6) is 3.04. The number of morpholine rings is 1. The molecule has 1 aromatic rings. The molecule has 7 nitrogen and oxygen atoms in total. The second-order valence-electron chi connectivity index (χ2n) is 3.80. The van der Waals surface area contributed by atoms with Crippen LogP contribution in [0.15, 0.2) is 0 Å². The molecular weight excluding hydrogens is 234 g/mol. The Bertz CT molecular complexity index is 453. The van der Waals surface area contributed by atoms with Crippen molar-refractivity contribution in [3.8, 4) is 18.4 Å². The third-order valence-electron chi connectivity index (χ3n) is 2.43. The molecule has 18 heavy (non-hydrogen) atoms. The van der Waals surface area contributed by atoms with Crippen LogP contribution in [-0.2, 0) is 4.74 Å². The van der Waals surface area contributed by atoms with Crippen molar-refractivity contribution in [3.63, 3.8) is 0 Å². The maximum absolute atomic E-state index is 5.63. The van der Waals surface area contributed by atoms with Crippen LogP contribution in [-0.4, -0.2) is 47.4 Å². The Morgan fingerprint density at radius 2 is 2.11 bits per heavy atom. The highest BCUT2D eigenvalue weighted by molar-refractivity contribution is 5.36. The maximum Gasteiger partial charge on any atom is 0.324 e. The van der Waals surface area contributed by atoms with Gasteiger partial charge < -0.3 is 20.1 Å². The van der Waals surface area contributed by atoms with Gasteiger partial charge in [0.05, 0.1) is 13.2 Å². The van der Waals surface area contributed by atoms with Crippen molar-refractivity contribution in [3.05, 3.63) is 0 Å². The molecule has 1 saturated heterocycles. The van der Waals surface area contributed by atoms with E-state index in [1.807, 2.05) is 4.90 Å². The van der Waals surface area contributed by atoms with Crippen molar-refractivity contribution in [1.29, 1.82) is 0 Å². The molecule has 1 fully saturated rings. The van der Waals surface area contributed by atoms with E-state index in [1.165, 1.54) is 0 Å². The van der Waals surface area contributed by atoms with Gasteiger partial charge in [-0.2, -0.15) is 15.0 Å². The smallest absolute Gasteiger partial charge is 0.324 e. The number of rotatable bonds is 3. The first kappa shape index (κ1) is 12.4. The molecule has 1 atom stereocenters. The van der Waals surface area contributed by atoms with Gasteiger partial charge in [0, 0.05) is 13.1 Å². The van der Waals surface area contributed by atoms with E-state index in [-0.39, 0.29) is 12.0 Å². The summed E-state index contributed by atoms with van der Waals surface area (Å²) in [6.45, 7) is 4.45. The average molecular weight is 249 g/mol. The minimum atomic E-state index is -0.413. The van der Waals surface area contributed by atoms with Crippen LogP contribution < -0.4 is 15.4 Å². The molecule has 1 unspecified atom stereocenters. The van der Waals surface area contributed by atoms with Crippen molar-refractivity contribution < 1.29 is 9.47 Å². The van der Waals surface area contributed by atoms with Gasteiger partial charge in [-0.15, -0.1) is 6.42 Å². The second kappa shape index (κ2) is 5.51. The van der Waals surface area contributed by atoms with Crippen molar-refractivity contribution in [2.24, 2.45) is 0 Å². The molecule has 0 bridgehead atoms. The van der Waals surface area contributed by atoms with Gasteiger partial charge in [0.15, 0.2) is 6.10 Å². The van der Waals surface area contributed by atoms with Gasteiger partial charge in [0.25, 0.3) is 0 Å². The van der Waals surface area contributed by atoms with E-state index in [1.54, 1.807) is 6.92 Å². The lowest BCUT2D eigenvalue weighted by atomic mass is 10.4. The summed E-state index contributed by atoms with van der Waals surface area (Å²) < 4.78 is 10.6. The van der Waals surface area contributed by atoms with E-state index in [9.17, 15) is 0 Å². The number of anilines is 2. The molecule has 2 rings (SSSR count). The minimum Gasteiger partial charge on any atom is -0.447 e. The summed E-state index contributed by atoms with van der Waals surface area (Å²) in [6.07, 6.45) is 4.82. The largest absolute Gasteiger partial charge is 0.447 e. The van der Waals surface area contributed by atoms with Gasteiger partial charge in [0.1, 0.15) is 0 Å². The van der Waals surface area contributed by atoms with Crippen LogP contribution >= 0.6 is 0 Å². The fourth-order valence-electron chi connectivity index (χ4n) is 1.51. The molecule has 0 amide bonds. The molecular formula is C11H15N5O2. The van der Waals surface area contributed by atoms with Crippen LogP contribution in [0.25, 0.3) is 0 Å². The van der Waals surface area contributed by atoms with E-state index < -0.39 is 6.10 Å². The number of ether oxygens (including phenoxy) is 2. The summed E-state index contributed by atoms with van der Waals surface area (Å²) in [5.41, 5.74) is 5.63. The molecule has 0 aromatic carbocycles. The van der Waals surface area contributed by atoms with Crippen LogP contribution in [0.4, 0.5) is 11.9 Å². The number of terminal acetylenes is 1. The number of nitrogens with two attached hydrogens (primary N) is 1. The molecule has 2 N–H and O–H groups in total. The van der Waals surface area contributed by atoms with Crippen LogP contribution in [0.3, 0.4) is 0 Å². The Hall–Kier alpha value is -2.07. The Morgan fingerprint density at radius 1 is 1.39 bits per heavy atom.